The van der Waals surface area contributed by atoms with Gasteiger partial charge in [-0.15, -0.1) is 0 Å². The number of amides is 1. The number of fused-ring (bicyclic) bond motifs is 1. The third-order valence-electron chi connectivity index (χ3n) is 5.31. The number of hydrogen-bond acceptors (Lipinski definition) is 10. The molecular formula is C28H32F6N4O9S. The monoisotopic (exact) mass is 714 g/mol. The Labute approximate surface area is 270 Å². The minimum absolute atomic E-state index is 0.0734. The van der Waals surface area contributed by atoms with E-state index in [1.54, 1.807) is 36.7 Å². The second-order valence-electron chi connectivity index (χ2n) is 9.50. The zero-order valence-corrected chi connectivity index (χ0v) is 26.2. The molecule has 1 aromatic heterocycles. The predicted molar refractivity (Wildman–Crippen MR) is 160 cm³/mol. The average Bonchev–Trinajstić information content (AvgIpc) is 2.96. The Hall–Kier alpha value is -4.85. The number of rotatable bonds is 11. The minimum Gasteiger partial charge on any atom is -0.490 e. The van der Waals surface area contributed by atoms with E-state index in [4.69, 9.17) is 35.0 Å². The summed E-state index contributed by atoms with van der Waals surface area (Å²) in [5.74, 6) is -5.61. The number of anilines is 1. The van der Waals surface area contributed by atoms with Crippen molar-refractivity contribution in [1.82, 2.24) is 9.71 Å². The van der Waals surface area contributed by atoms with Gasteiger partial charge in [0, 0.05) is 30.0 Å². The molecule has 1 amide bonds. The first-order chi connectivity index (χ1) is 22.1. The molecule has 0 aliphatic heterocycles. The third-order valence-corrected chi connectivity index (χ3v) is 6.59. The van der Waals surface area contributed by atoms with Crippen LogP contribution < -0.4 is 25.2 Å². The molecule has 3 aromatic rings. The van der Waals surface area contributed by atoms with Gasteiger partial charge in [0.15, 0.2) is 11.5 Å². The van der Waals surface area contributed by atoms with Crippen molar-refractivity contribution in [1.29, 1.82) is 0 Å². The van der Waals surface area contributed by atoms with Crippen LogP contribution in [0.2, 0.25) is 0 Å². The van der Waals surface area contributed by atoms with Crippen LogP contribution in [-0.2, 0) is 24.4 Å². The van der Waals surface area contributed by atoms with Crippen LogP contribution in [0.5, 0.6) is 11.5 Å². The maximum Gasteiger partial charge on any atom is 0.490 e. The molecule has 266 valence electrons. The molecule has 1 heterocycles. The summed E-state index contributed by atoms with van der Waals surface area (Å²) >= 11 is 0. The topological polar surface area (TPSA) is 207 Å². The van der Waals surface area contributed by atoms with E-state index < -0.39 is 46.3 Å². The van der Waals surface area contributed by atoms with Crippen molar-refractivity contribution < 1.29 is 68.8 Å². The smallest absolute Gasteiger partial charge is 0.490 e. The van der Waals surface area contributed by atoms with E-state index >= 15 is 0 Å². The molecule has 0 radical (unpaired) electrons. The summed E-state index contributed by atoms with van der Waals surface area (Å²) in [6.45, 7) is 5.94. The highest BCUT2D eigenvalue weighted by Gasteiger charge is 2.39. The van der Waals surface area contributed by atoms with Gasteiger partial charge < -0.3 is 30.7 Å². The highest BCUT2D eigenvalue weighted by atomic mass is 32.2. The van der Waals surface area contributed by atoms with Gasteiger partial charge in [-0.05, 0) is 62.1 Å². The van der Waals surface area contributed by atoms with Crippen LogP contribution in [-0.4, -0.2) is 78.8 Å². The Morgan fingerprint density at radius 2 is 1.50 bits per heavy atom. The van der Waals surface area contributed by atoms with E-state index in [0.717, 1.165) is 10.8 Å². The highest BCUT2D eigenvalue weighted by Crippen LogP contribution is 2.33. The maximum atomic E-state index is 13.2. The summed E-state index contributed by atoms with van der Waals surface area (Å²) in [5, 5.41) is 19.3. The van der Waals surface area contributed by atoms with Crippen LogP contribution in [0, 0.1) is 0 Å². The largest absolute Gasteiger partial charge is 0.490 e. The number of carboxylic acid groups (broad SMARTS) is 2. The Kier molecular flexibility index (Phi) is 15.4. The normalized spacial score (nSPS) is 12.1. The summed E-state index contributed by atoms with van der Waals surface area (Å²) in [4.78, 5) is 35.1. The third kappa shape index (κ3) is 14.3. The number of carbonyl (C=O) groups excluding carboxylic acids is 1. The van der Waals surface area contributed by atoms with E-state index in [2.05, 4.69) is 15.0 Å². The number of benzene rings is 2. The second-order valence-corrected chi connectivity index (χ2v) is 11.3. The minimum atomic E-state index is -5.08. The summed E-state index contributed by atoms with van der Waals surface area (Å²) in [6, 6.07) is 11.5. The SMILES string of the molecule is CCOc1cc(C(Nc2ccc3cnccc3c2)C(=O)NS(=O)(=O)CCN)ccc1OC(C)C.O=C(O)C(F)(F)F.O=C(O)C(F)(F)F. The molecular weight excluding hydrogens is 682 g/mol. The van der Waals surface area contributed by atoms with Crippen molar-refractivity contribution in [2.24, 2.45) is 5.73 Å². The molecule has 48 heavy (non-hydrogen) atoms. The van der Waals surface area contributed by atoms with Gasteiger partial charge in [0.05, 0.1) is 18.5 Å². The zero-order chi connectivity index (χ0) is 36.9. The standard InChI is InChI=1S/C24H30N4O5S.2C2HF3O2/c1-4-32-22-14-18(6-8-21(22)33-16(2)3)23(24(29)28-34(30,31)12-10-25)27-20-7-5-19-15-26-11-9-17(19)13-20;2*3-2(4,5)1(6)7/h5-9,11,13-16,23,27H,4,10,12,25H2,1-3H3,(H,28,29);2*(H,6,7). The number of ether oxygens (including phenoxy) is 2. The van der Waals surface area contributed by atoms with Crippen LogP contribution in [0.3, 0.4) is 0 Å². The maximum absolute atomic E-state index is 13.2. The van der Waals surface area contributed by atoms with Gasteiger partial charge in [-0.1, -0.05) is 12.1 Å². The van der Waals surface area contributed by atoms with Crippen LogP contribution in [0.15, 0.2) is 54.9 Å². The van der Waals surface area contributed by atoms with Gasteiger partial charge in [-0.3, -0.25) is 14.5 Å². The molecule has 0 spiro atoms. The molecule has 1 unspecified atom stereocenters. The first-order valence-electron chi connectivity index (χ1n) is 13.5. The lowest BCUT2D eigenvalue weighted by atomic mass is 10.0. The number of nitrogens with two attached hydrogens (primary N) is 1. The molecule has 3 rings (SSSR count). The fourth-order valence-corrected chi connectivity index (χ4v) is 4.22. The number of nitrogens with zero attached hydrogens (tertiary/aromatic N) is 1. The number of alkyl halides is 6. The van der Waals surface area contributed by atoms with Crippen LogP contribution in [0.25, 0.3) is 10.8 Å². The molecule has 20 heteroatoms. The summed E-state index contributed by atoms with van der Waals surface area (Å²) in [6.07, 6.45) is -6.82. The lowest BCUT2D eigenvalue weighted by molar-refractivity contribution is -0.193. The number of carbonyl (C=O) groups is 3. The van der Waals surface area contributed by atoms with Crippen molar-refractivity contribution in [3.63, 3.8) is 0 Å². The quantitative estimate of drug-likeness (QED) is 0.177. The molecule has 6 N–H and O–H groups in total. The molecule has 0 aliphatic carbocycles. The summed E-state index contributed by atoms with van der Waals surface area (Å²) in [7, 11) is -3.88. The van der Waals surface area contributed by atoms with Gasteiger partial charge in [0.2, 0.25) is 10.0 Å². The van der Waals surface area contributed by atoms with Crippen LogP contribution in [0.4, 0.5) is 32.0 Å². The zero-order valence-electron chi connectivity index (χ0n) is 25.4. The van der Waals surface area contributed by atoms with Crippen molar-refractivity contribution in [2.45, 2.75) is 45.3 Å². The number of hydrogen-bond donors (Lipinski definition) is 5. The van der Waals surface area contributed by atoms with Crippen molar-refractivity contribution >= 4 is 44.3 Å². The number of pyridine rings is 1. The first kappa shape index (κ1) is 41.2. The van der Waals surface area contributed by atoms with E-state index in [1.165, 1.54) is 0 Å². The lowest BCUT2D eigenvalue weighted by Crippen LogP contribution is -2.40. The highest BCUT2D eigenvalue weighted by molar-refractivity contribution is 7.90. The number of aromatic nitrogens is 1. The number of halogens is 6. The number of sulfonamides is 1. The molecule has 0 saturated heterocycles. The number of aliphatic carboxylic acids is 2. The second kappa shape index (κ2) is 17.9. The van der Waals surface area contributed by atoms with Gasteiger partial charge in [-0.25, -0.2) is 18.0 Å². The Bertz CT molecular complexity index is 1630. The fourth-order valence-electron chi connectivity index (χ4n) is 3.38. The predicted octanol–water partition coefficient (Wildman–Crippen LogP) is 4.25. The van der Waals surface area contributed by atoms with Crippen molar-refractivity contribution in [3.8, 4) is 11.5 Å². The average molecular weight is 715 g/mol. The molecule has 2 aromatic carbocycles. The molecule has 13 nitrogen and oxygen atoms in total. The van der Waals surface area contributed by atoms with Crippen LogP contribution in [0.1, 0.15) is 32.4 Å². The Morgan fingerprint density at radius 3 is 2.00 bits per heavy atom. The first-order valence-corrected chi connectivity index (χ1v) is 15.1. The number of carboxylic acids is 2. The lowest BCUT2D eigenvalue weighted by Gasteiger charge is -2.22. The van der Waals surface area contributed by atoms with Gasteiger partial charge in [0.1, 0.15) is 6.04 Å². The van der Waals surface area contributed by atoms with E-state index in [1.807, 2.05) is 39.0 Å². The molecule has 0 bridgehead atoms. The summed E-state index contributed by atoms with van der Waals surface area (Å²) < 4.78 is 102. The van der Waals surface area contributed by atoms with E-state index in [-0.39, 0.29) is 18.4 Å². The van der Waals surface area contributed by atoms with Crippen molar-refractivity contribution in [3.05, 3.63) is 60.4 Å². The van der Waals surface area contributed by atoms with E-state index in [0.29, 0.717) is 29.4 Å². The molecule has 0 aliphatic rings. The van der Waals surface area contributed by atoms with E-state index in [9.17, 15) is 39.6 Å². The Balaban J connectivity index is 0.000000687. The van der Waals surface area contributed by atoms with Gasteiger partial charge in [0.25, 0.3) is 5.91 Å². The molecule has 0 saturated carbocycles. The molecule has 0 fully saturated rings. The summed E-state index contributed by atoms with van der Waals surface area (Å²) in [5.41, 5.74) is 6.53. The fraction of sp³-hybridized carbons (Fsp3) is 0.357. The van der Waals surface area contributed by atoms with Crippen LogP contribution >= 0.6 is 0 Å². The van der Waals surface area contributed by atoms with Gasteiger partial charge in [-0.2, -0.15) is 26.3 Å². The van der Waals surface area contributed by atoms with Gasteiger partial charge >= 0.3 is 24.3 Å². The number of nitrogens with one attached hydrogen (secondary N) is 2. The molecule has 1 atom stereocenters. The van der Waals surface area contributed by atoms with Crippen molar-refractivity contribution in [2.75, 3.05) is 24.2 Å². The Morgan fingerprint density at radius 1 is 0.917 bits per heavy atom.